The van der Waals surface area contributed by atoms with Crippen LogP contribution in [0.1, 0.15) is 5.56 Å². The van der Waals surface area contributed by atoms with Crippen molar-refractivity contribution >= 4 is 21.6 Å². The van der Waals surface area contributed by atoms with E-state index in [1.807, 2.05) is 12.1 Å². The molecule has 9 heteroatoms. The van der Waals surface area contributed by atoms with Gasteiger partial charge in [0.25, 0.3) is 5.91 Å². The normalized spacial score (nSPS) is 16.9. The predicted molar refractivity (Wildman–Crippen MR) is 111 cm³/mol. The molecule has 2 aliphatic heterocycles. The molecule has 2 heterocycles. The van der Waals surface area contributed by atoms with E-state index in [1.165, 1.54) is 4.31 Å². The van der Waals surface area contributed by atoms with Crippen LogP contribution in [0, 0.1) is 0 Å². The largest absolute Gasteiger partial charge is 0.493 e. The summed E-state index contributed by atoms with van der Waals surface area (Å²) >= 11 is 0. The van der Waals surface area contributed by atoms with Gasteiger partial charge in [0.05, 0.1) is 25.2 Å². The molecule has 0 saturated carbocycles. The maximum Gasteiger partial charge on any atom is 0.264 e. The summed E-state index contributed by atoms with van der Waals surface area (Å²) < 4.78 is 43.3. The van der Waals surface area contributed by atoms with Gasteiger partial charge in [-0.25, -0.2) is 8.42 Å². The zero-order chi connectivity index (χ0) is 21.1. The van der Waals surface area contributed by atoms with E-state index in [0.717, 1.165) is 11.3 Å². The summed E-state index contributed by atoms with van der Waals surface area (Å²) in [6.07, 6.45) is 0.599. The predicted octanol–water partition coefficient (Wildman–Crippen LogP) is 1.68. The Kier molecular flexibility index (Phi) is 5.94. The molecule has 1 amide bonds. The number of morpholine rings is 1. The molecular weight excluding hydrogens is 408 g/mol. The number of methoxy groups -OCH3 is 1. The smallest absolute Gasteiger partial charge is 0.264 e. The molecule has 0 radical (unpaired) electrons. The fraction of sp³-hybridized carbons (Fsp3) is 0.381. The van der Waals surface area contributed by atoms with Crippen LogP contribution in [0.25, 0.3) is 0 Å². The van der Waals surface area contributed by atoms with Gasteiger partial charge in [-0.05, 0) is 42.3 Å². The third-order valence-corrected chi connectivity index (χ3v) is 7.17. The zero-order valence-corrected chi connectivity index (χ0v) is 17.6. The first kappa shape index (κ1) is 20.6. The number of sulfonamides is 1. The number of para-hydroxylation sites is 2. The minimum Gasteiger partial charge on any atom is -0.493 e. The van der Waals surface area contributed by atoms with Gasteiger partial charge in [0.15, 0.2) is 18.1 Å². The molecule has 0 spiro atoms. The van der Waals surface area contributed by atoms with Crippen LogP contribution in [0.2, 0.25) is 0 Å². The van der Waals surface area contributed by atoms with Crippen LogP contribution >= 0.6 is 0 Å². The SMILES string of the molecule is COc1ccccc1OCC(=O)N1CCc2cc(S(=O)(=O)N3CCOCC3)ccc21. The Hall–Kier alpha value is -2.62. The van der Waals surface area contributed by atoms with E-state index in [0.29, 0.717) is 50.8 Å². The van der Waals surface area contributed by atoms with Gasteiger partial charge >= 0.3 is 0 Å². The average Bonchev–Trinajstić information content (AvgIpc) is 3.21. The lowest BCUT2D eigenvalue weighted by Gasteiger charge is -2.26. The Morgan fingerprint density at radius 3 is 2.53 bits per heavy atom. The van der Waals surface area contributed by atoms with E-state index in [-0.39, 0.29) is 17.4 Å². The second-order valence-corrected chi connectivity index (χ2v) is 8.98. The van der Waals surface area contributed by atoms with Crippen molar-refractivity contribution in [2.24, 2.45) is 0 Å². The van der Waals surface area contributed by atoms with Crippen molar-refractivity contribution < 1.29 is 27.4 Å². The van der Waals surface area contributed by atoms with Gasteiger partial charge in [-0.15, -0.1) is 0 Å². The van der Waals surface area contributed by atoms with E-state index in [2.05, 4.69) is 0 Å². The molecule has 0 unspecified atom stereocenters. The van der Waals surface area contributed by atoms with Crippen molar-refractivity contribution in [3.05, 3.63) is 48.0 Å². The molecule has 0 N–H and O–H groups in total. The van der Waals surface area contributed by atoms with E-state index in [4.69, 9.17) is 14.2 Å². The number of hydrogen-bond acceptors (Lipinski definition) is 6. The second kappa shape index (κ2) is 8.63. The molecule has 0 aromatic heterocycles. The number of nitrogens with zero attached hydrogens (tertiary/aromatic N) is 2. The zero-order valence-electron chi connectivity index (χ0n) is 16.7. The molecule has 30 heavy (non-hydrogen) atoms. The molecule has 2 aromatic carbocycles. The van der Waals surface area contributed by atoms with Crippen LogP contribution in [0.5, 0.6) is 11.5 Å². The fourth-order valence-corrected chi connectivity index (χ4v) is 5.15. The van der Waals surface area contributed by atoms with Crippen molar-refractivity contribution in [1.29, 1.82) is 0 Å². The van der Waals surface area contributed by atoms with E-state index in [1.54, 1.807) is 42.3 Å². The van der Waals surface area contributed by atoms with Gasteiger partial charge in [-0.2, -0.15) is 4.31 Å². The number of carbonyl (C=O) groups is 1. The Morgan fingerprint density at radius 1 is 1.07 bits per heavy atom. The Bertz CT molecular complexity index is 1030. The number of benzene rings is 2. The van der Waals surface area contributed by atoms with Gasteiger partial charge in [0.2, 0.25) is 10.0 Å². The van der Waals surface area contributed by atoms with Crippen LogP contribution in [-0.2, 0) is 26.0 Å². The highest BCUT2D eigenvalue weighted by Gasteiger charge is 2.30. The van der Waals surface area contributed by atoms with Crippen LogP contribution in [0.4, 0.5) is 5.69 Å². The van der Waals surface area contributed by atoms with Crippen molar-refractivity contribution in [2.45, 2.75) is 11.3 Å². The summed E-state index contributed by atoms with van der Waals surface area (Å²) in [6.45, 7) is 1.87. The number of hydrogen-bond donors (Lipinski definition) is 0. The van der Waals surface area contributed by atoms with Gasteiger partial charge in [0, 0.05) is 25.3 Å². The Morgan fingerprint density at radius 2 is 1.80 bits per heavy atom. The van der Waals surface area contributed by atoms with Crippen LogP contribution in [0.3, 0.4) is 0 Å². The van der Waals surface area contributed by atoms with Crippen molar-refractivity contribution in [1.82, 2.24) is 4.31 Å². The number of anilines is 1. The van der Waals surface area contributed by atoms with E-state index < -0.39 is 10.0 Å². The standard InChI is InChI=1S/C21H24N2O6S/c1-27-19-4-2-3-5-20(19)29-15-21(24)23-9-8-16-14-17(6-7-18(16)23)30(25,26)22-10-12-28-13-11-22/h2-7,14H,8-13,15H2,1H3. The van der Waals surface area contributed by atoms with Gasteiger partial charge in [-0.3, -0.25) is 4.79 Å². The summed E-state index contributed by atoms with van der Waals surface area (Å²) in [5, 5.41) is 0. The lowest BCUT2D eigenvalue weighted by molar-refractivity contribution is -0.120. The molecule has 2 aliphatic rings. The molecule has 8 nitrogen and oxygen atoms in total. The van der Waals surface area contributed by atoms with Crippen LogP contribution < -0.4 is 14.4 Å². The van der Waals surface area contributed by atoms with Crippen LogP contribution in [0.15, 0.2) is 47.4 Å². The molecule has 0 aliphatic carbocycles. The molecule has 0 bridgehead atoms. The van der Waals surface area contributed by atoms with Gasteiger partial charge < -0.3 is 19.1 Å². The summed E-state index contributed by atoms with van der Waals surface area (Å²) in [5.41, 5.74) is 1.57. The van der Waals surface area contributed by atoms with Crippen LogP contribution in [-0.4, -0.2) is 65.2 Å². The monoisotopic (exact) mass is 432 g/mol. The molecule has 4 rings (SSSR count). The minimum atomic E-state index is -3.56. The quantitative estimate of drug-likeness (QED) is 0.691. The number of amides is 1. The first-order valence-corrected chi connectivity index (χ1v) is 11.2. The minimum absolute atomic E-state index is 0.131. The first-order chi connectivity index (χ1) is 14.5. The van der Waals surface area contributed by atoms with Gasteiger partial charge in [-0.1, -0.05) is 12.1 Å². The van der Waals surface area contributed by atoms with Gasteiger partial charge in [0.1, 0.15) is 0 Å². The number of rotatable bonds is 6. The highest BCUT2D eigenvalue weighted by Crippen LogP contribution is 2.32. The first-order valence-electron chi connectivity index (χ1n) is 9.78. The molecular formula is C21H24N2O6S. The molecule has 2 aromatic rings. The number of ether oxygens (including phenoxy) is 3. The highest BCUT2D eigenvalue weighted by atomic mass is 32.2. The van der Waals surface area contributed by atoms with Crippen molar-refractivity contribution in [2.75, 3.05) is 51.5 Å². The summed E-state index contributed by atoms with van der Waals surface area (Å²) in [7, 11) is -2.02. The van der Waals surface area contributed by atoms with E-state index >= 15 is 0 Å². The molecule has 160 valence electrons. The lowest BCUT2D eigenvalue weighted by atomic mass is 10.2. The van der Waals surface area contributed by atoms with E-state index in [9.17, 15) is 13.2 Å². The number of carbonyl (C=O) groups excluding carboxylic acids is 1. The summed E-state index contributed by atoms with van der Waals surface area (Å²) in [6, 6.07) is 12.1. The molecule has 1 fully saturated rings. The molecule has 0 atom stereocenters. The van der Waals surface area contributed by atoms with Crippen molar-refractivity contribution in [3.63, 3.8) is 0 Å². The third kappa shape index (κ3) is 4.00. The third-order valence-electron chi connectivity index (χ3n) is 5.28. The maximum absolute atomic E-state index is 12.9. The second-order valence-electron chi connectivity index (χ2n) is 7.04. The number of fused-ring (bicyclic) bond motifs is 1. The average molecular weight is 432 g/mol. The lowest BCUT2D eigenvalue weighted by Crippen LogP contribution is -2.40. The summed E-state index contributed by atoms with van der Waals surface area (Å²) in [4.78, 5) is 14.6. The fourth-order valence-electron chi connectivity index (χ4n) is 3.69. The highest BCUT2D eigenvalue weighted by molar-refractivity contribution is 7.89. The Balaban J connectivity index is 1.47. The molecule has 1 saturated heterocycles. The topological polar surface area (TPSA) is 85.4 Å². The Labute approximate surface area is 176 Å². The summed E-state index contributed by atoms with van der Waals surface area (Å²) in [5.74, 6) is 0.869. The van der Waals surface area contributed by atoms with Crippen molar-refractivity contribution in [3.8, 4) is 11.5 Å². The maximum atomic E-state index is 12.9.